The molecule has 1 amide bonds. The molecule has 0 spiro atoms. The maximum absolute atomic E-state index is 12.0. The number of nitrogens with one attached hydrogen (secondary N) is 3. The molecule has 1 saturated heterocycles. The zero-order valence-corrected chi connectivity index (χ0v) is 17.6. The van der Waals surface area contributed by atoms with Gasteiger partial charge in [-0.25, -0.2) is 5.01 Å². The lowest BCUT2D eigenvalue weighted by atomic mass is 10.1. The van der Waals surface area contributed by atoms with E-state index in [9.17, 15) is 4.79 Å². The van der Waals surface area contributed by atoms with Gasteiger partial charge in [0.25, 0.3) is 5.91 Å². The Balaban J connectivity index is 1.23. The fourth-order valence-electron chi connectivity index (χ4n) is 4.04. The summed E-state index contributed by atoms with van der Waals surface area (Å²) in [6.07, 6.45) is 6.78. The number of nitrogens with zero attached hydrogens (tertiary/aromatic N) is 1. The molecule has 0 saturated carbocycles. The van der Waals surface area contributed by atoms with E-state index in [1.54, 1.807) is 6.08 Å². The highest BCUT2D eigenvalue weighted by Crippen LogP contribution is 2.22. The molecule has 0 aliphatic carbocycles. The summed E-state index contributed by atoms with van der Waals surface area (Å²) in [5, 5.41) is 6.85. The number of benzene rings is 2. The van der Waals surface area contributed by atoms with Gasteiger partial charge in [0, 0.05) is 42.3 Å². The van der Waals surface area contributed by atoms with Crippen LogP contribution in [0.2, 0.25) is 0 Å². The molecular weight excluding hydrogens is 372 g/mol. The monoisotopic (exact) mass is 402 g/mol. The summed E-state index contributed by atoms with van der Waals surface area (Å²) in [4.78, 5) is 15.4. The highest BCUT2D eigenvalue weighted by Gasteiger charge is 2.12. The first-order chi connectivity index (χ1) is 14.7. The molecule has 1 aliphatic rings. The molecule has 1 aliphatic heterocycles. The highest BCUT2D eigenvalue weighted by atomic mass is 16.2. The van der Waals surface area contributed by atoms with Crippen LogP contribution in [0, 0.1) is 6.92 Å². The van der Waals surface area contributed by atoms with E-state index in [0.29, 0.717) is 0 Å². The number of hydrogen-bond acceptors (Lipinski definition) is 3. The van der Waals surface area contributed by atoms with Crippen molar-refractivity contribution >= 4 is 22.9 Å². The van der Waals surface area contributed by atoms with Crippen molar-refractivity contribution in [3.05, 3.63) is 77.0 Å². The Morgan fingerprint density at radius 2 is 1.87 bits per heavy atom. The second kappa shape index (κ2) is 9.74. The number of amides is 1. The van der Waals surface area contributed by atoms with Gasteiger partial charge in [-0.05, 0) is 61.6 Å². The fourth-order valence-corrected chi connectivity index (χ4v) is 4.04. The Labute approximate surface area is 178 Å². The summed E-state index contributed by atoms with van der Waals surface area (Å²) in [6.45, 7) is 5.80. The molecule has 1 aromatic heterocycles. The van der Waals surface area contributed by atoms with Crippen LogP contribution in [0.15, 0.2) is 54.6 Å². The number of aryl methyl sites for hydroxylation is 1. The van der Waals surface area contributed by atoms with Gasteiger partial charge in [0.2, 0.25) is 0 Å². The van der Waals surface area contributed by atoms with Crippen LogP contribution in [0.4, 0.5) is 0 Å². The van der Waals surface area contributed by atoms with Gasteiger partial charge in [0.1, 0.15) is 0 Å². The maximum atomic E-state index is 12.0. The number of para-hydroxylation sites is 1. The molecule has 0 atom stereocenters. The SMILES string of the molecule is Cc1[nH]c2ccccc2c1CCNCc1ccc(/C=C/C(=O)NN2CCCC2)cc1. The number of fused-ring (bicyclic) bond motifs is 1. The molecule has 0 bridgehead atoms. The second-order valence-corrected chi connectivity index (χ2v) is 7.95. The zero-order valence-electron chi connectivity index (χ0n) is 17.6. The Bertz CT molecular complexity index is 1010. The molecule has 5 nitrogen and oxygen atoms in total. The lowest BCUT2D eigenvalue weighted by Crippen LogP contribution is -2.38. The largest absolute Gasteiger partial charge is 0.358 e. The minimum Gasteiger partial charge on any atom is -0.358 e. The third kappa shape index (κ3) is 5.17. The van der Waals surface area contributed by atoms with Gasteiger partial charge < -0.3 is 10.3 Å². The third-order valence-corrected chi connectivity index (χ3v) is 5.69. The molecule has 30 heavy (non-hydrogen) atoms. The lowest BCUT2D eigenvalue weighted by molar-refractivity contribution is -0.120. The molecule has 3 N–H and O–H groups in total. The van der Waals surface area contributed by atoms with E-state index >= 15 is 0 Å². The number of carbonyl (C=O) groups excluding carboxylic acids is 1. The Morgan fingerprint density at radius 3 is 2.67 bits per heavy atom. The van der Waals surface area contributed by atoms with Crippen molar-refractivity contribution < 1.29 is 4.79 Å². The van der Waals surface area contributed by atoms with Crippen LogP contribution in [0.3, 0.4) is 0 Å². The van der Waals surface area contributed by atoms with E-state index in [4.69, 9.17) is 0 Å². The van der Waals surface area contributed by atoms with Crippen molar-refractivity contribution in [2.24, 2.45) is 0 Å². The highest BCUT2D eigenvalue weighted by molar-refractivity contribution is 5.91. The first-order valence-corrected chi connectivity index (χ1v) is 10.8. The van der Waals surface area contributed by atoms with Crippen molar-refractivity contribution in [1.29, 1.82) is 0 Å². The van der Waals surface area contributed by atoms with Crippen LogP contribution in [0.5, 0.6) is 0 Å². The van der Waals surface area contributed by atoms with Crippen molar-refractivity contribution in [2.45, 2.75) is 32.7 Å². The number of aromatic nitrogens is 1. The number of H-pyrrole nitrogens is 1. The summed E-state index contributed by atoms with van der Waals surface area (Å²) < 4.78 is 0. The molecule has 156 valence electrons. The molecule has 2 heterocycles. The molecule has 3 aromatic rings. The van der Waals surface area contributed by atoms with Gasteiger partial charge in [-0.1, -0.05) is 42.5 Å². The standard InChI is InChI=1S/C25H30N4O/c1-19-22(23-6-2-3-7-24(23)27-19)14-15-26-18-21-10-8-20(9-11-21)12-13-25(30)28-29-16-4-5-17-29/h2-3,6-13,26-27H,4-5,14-18H2,1H3,(H,28,30)/b13-12+. The Morgan fingerprint density at radius 1 is 1.10 bits per heavy atom. The number of carbonyl (C=O) groups is 1. The summed E-state index contributed by atoms with van der Waals surface area (Å²) in [5.41, 5.74) is 9.05. The molecule has 4 rings (SSSR count). The zero-order chi connectivity index (χ0) is 20.8. The first kappa shape index (κ1) is 20.4. The van der Waals surface area contributed by atoms with E-state index in [-0.39, 0.29) is 5.91 Å². The molecule has 0 unspecified atom stereocenters. The minimum atomic E-state index is -0.0600. The topological polar surface area (TPSA) is 60.2 Å². The number of hydrazine groups is 1. The average molecular weight is 403 g/mol. The first-order valence-electron chi connectivity index (χ1n) is 10.8. The van der Waals surface area contributed by atoms with Crippen molar-refractivity contribution in [3.63, 3.8) is 0 Å². The van der Waals surface area contributed by atoms with E-state index in [0.717, 1.165) is 51.0 Å². The number of hydrogen-bond donors (Lipinski definition) is 3. The van der Waals surface area contributed by atoms with Crippen LogP contribution in [-0.4, -0.2) is 35.5 Å². The lowest BCUT2D eigenvalue weighted by Gasteiger charge is -2.14. The van der Waals surface area contributed by atoms with Crippen molar-refractivity contribution in [1.82, 2.24) is 20.7 Å². The van der Waals surface area contributed by atoms with Gasteiger partial charge in [0.05, 0.1) is 0 Å². The number of rotatable bonds is 8. The van der Waals surface area contributed by atoms with Crippen LogP contribution in [0.25, 0.3) is 17.0 Å². The van der Waals surface area contributed by atoms with E-state index in [1.165, 1.54) is 27.7 Å². The van der Waals surface area contributed by atoms with E-state index in [1.807, 2.05) is 11.1 Å². The predicted octanol–water partition coefficient (Wildman–Crippen LogP) is 3.95. The fraction of sp³-hybridized carbons (Fsp3) is 0.320. The smallest absolute Gasteiger partial charge is 0.258 e. The Hall–Kier alpha value is -2.89. The summed E-state index contributed by atoms with van der Waals surface area (Å²) in [7, 11) is 0. The van der Waals surface area contributed by atoms with Gasteiger partial charge in [0.15, 0.2) is 0 Å². The second-order valence-electron chi connectivity index (χ2n) is 7.95. The van der Waals surface area contributed by atoms with Crippen molar-refractivity contribution in [3.8, 4) is 0 Å². The molecule has 2 aromatic carbocycles. The molecule has 5 heteroatoms. The quantitative estimate of drug-likeness (QED) is 0.395. The van der Waals surface area contributed by atoms with Gasteiger partial charge in [-0.2, -0.15) is 0 Å². The summed E-state index contributed by atoms with van der Waals surface area (Å²) >= 11 is 0. The van der Waals surface area contributed by atoms with Crippen LogP contribution in [0.1, 0.15) is 35.2 Å². The Kier molecular flexibility index (Phi) is 6.62. The average Bonchev–Trinajstić information content (AvgIpc) is 3.37. The normalized spacial score (nSPS) is 14.7. The molecule has 1 fully saturated rings. The van der Waals surface area contributed by atoms with Crippen LogP contribution < -0.4 is 10.7 Å². The molecular formula is C25H30N4O. The van der Waals surface area contributed by atoms with E-state index < -0.39 is 0 Å². The summed E-state index contributed by atoms with van der Waals surface area (Å²) in [5.74, 6) is -0.0600. The van der Waals surface area contributed by atoms with Crippen LogP contribution in [-0.2, 0) is 17.8 Å². The van der Waals surface area contributed by atoms with Gasteiger partial charge in [-0.15, -0.1) is 0 Å². The number of aromatic amines is 1. The molecule has 0 radical (unpaired) electrons. The van der Waals surface area contributed by atoms with E-state index in [2.05, 4.69) is 71.2 Å². The minimum absolute atomic E-state index is 0.0600. The third-order valence-electron chi connectivity index (χ3n) is 5.69. The predicted molar refractivity (Wildman–Crippen MR) is 123 cm³/mol. The van der Waals surface area contributed by atoms with Crippen LogP contribution >= 0.6 is 0 Å². The van der Waals surface area contributed by atoms with Crippen molar-refractivity contribution in [2.75, 3.05) is 19.6 Å². The maximum Gasteiger partial charge on any atom is 0.258 e. The summed E-state index contributed by atoms with van der Waals surface area (Å²) in [6, 6.07) is 16.8. The van der Waals surface area contributed by atoms with Gasteiger partial charge >= 0.3 is 0 Å². The van der Waals surface area contributed by atoms with Gasteiger partial charge in [-0.3, -0.25) is 10.2 Å².